The smallest absolute Gasteiger partial charge is 0.137 e. The fourth-order valence-electron chi connectivity index (χ4n) is 2.21. The molecule has 2 heterocycles. The van der Waals surface area contributed by atoms with E-state index in [-0.39, 0.29) is 0 Å². The summed E-state index contributed by atoms with van der Waals surface area (Å²) in [5.74, 6) is 0. The van der Waals surface area contributed by atoms with E-state index in [1.165, 1.54) is 11.1 Å². The van der Waals surface area contributed by atoms with E-state index in [2.05, 4.69) is 42.3 Å². The SMILES string of the molecule is Cc1ccc(C)c(NCc2cn3cc(Cl)ccc3n2)c1. The summed E-state index contributed by atoms with van der Waals surface area (Å²) in [6, 6.07) is 10.2. The molecule has 20 heavy (non-hydrogen) atoms. The molecule has 0 fully saturated rings. The maximum absolute atomic E-state index is 5.97. The van der Waals surface area contributed by atoms with Gasteiger partial charge in [0.1, 0.15) is 5.65 Å². The second-order valence-corrected chi connectivity index (χ2v) is 5.45. The summed E-state index contributed by atoms with van der Waals surface area (Å²) in [5.41, 5.74) is 5.54. The van der Waals surface area contributed by atoms with E-state index in [0.29, 0.717) is 11.6 Å². The van der Waals surface area contributed by atoms with Gasteiger partial charge in [0.05, 0.1) is 17.3 Å². The average Bonchev–Trinajstić information content (AvgIpc) is 2.81. The van der Waals surface area contributed by atoms with Crippen molar-refractivity contribution in [2.24, 2.45) is 0 Å². The molecule has 0 radical (unpaired) electrons. The summed E-state index contributed by atoms with van der Waals surface area (Å²) >= 11 is 5.97. The van der Waals surface area contributed by atoms with Crippen LogP contribution in [0.2, 0.25) is 5.02 Å². The van der Waals surface area contributed by atoms with Gasteiger partial charge in [0, 0.05) is 18.1 Å². The molecule has 0 aliphatic carbocycles. The van der Waals surface area contributed by atoms with Gasteiger partial charge in [-0.2, -0.15) is 0 Å². The van der Waals surface area contributed by atoms with Gasteiger partial charge in [0.15, 0.2) is 0 Å². The molecule has 102 valence electrons. The molecule has 4 heteroatoms. The van der Waals surface area contributed by atoms with Crippen LogP contribution in [-0.2, 0) is 6.54 Å². The molecule has 0 spiro atoms. The molecule has 0 aliphatic rings. The Morgan fingerprint density at radius 1 is 1.15 bits per heavy atom. The lowest BCUT2D eigenvalue weighted by Crippen LogP contribution is -2.01. The van der Waals surface area contributed by atoms with E-state index in [4.69, 9.17) is 11.6 Å². The van der Waals surface area contributed by atoms with Crippen LogP contribution in [0.5, 0.6) is 0 Å². The van der Waals surface area contributed by atoms with Gasteiger partial charge in [-0.05, 0) is 43.2 Å². The molecule has 2 aromatic heterocycles. The van der Waals surface area contributed by atoms with E-state index in [0.717, 1.165) is 17.0 Å². The first-order chi connectivity index (χ1) is 9.61. The molecule has 1 N–H and O–H groups in total. The number of halogens is 1. The Labute approximate surface area is 123 Å². The van der Waals surface area contributed by atoms with Crippen molar-refractivity contribution in [1.29, 1.82) is 0 Å². The van der Waals surface area contributed by atoms with Crippen LogP contribution < -0.4 is 5.32 Å². The Morgan fingerprint density at radius 3 is 2.85 bits per heavy atom. The number of imidazole rings is 1. The van der Waals surface area contributed by atoms with E-state index < -0.39 is 0 Å². The zero-order chi connectivity index (χ0) is 14.1. The average molecular weight is 286 g/mol. The highest BCUT2D eigenvalue weighted by Gasteiger charge is 2.03. The second-order valence-electron chi connectivity index (χ2n) is 5.02. The number of aryl methyl sites for hydroxylation is 2. The number of aromatic nitrogens is 2. The van der Waals surface area contributed by atoms with Crippen molar-refractivity contribution in [1.82, 2.24) is 9.38 Å². The second kappa shape index (κ2) is 5.17. The van der Waals surface area contributed by atoms with Crippen molar-refractivity contribution >= 4 is 22.9 Å². The van der Waals surface area contributed by atoms with Gasteiger partial charge in [-0.15, -0.1) is 0 Å². The molecule has 3 aromatic rings. The molecular formula is C16H16ClN3. The van der Waals surface area contributed by atoms with Gasteiger partial charge in [-0.1, -0.05) is 23.7 Å². The summed E-state index contributed by atoms with van der Waals surface area (Å²) in [5, 5.41) is 4.15. The van der Waals surface area contributed by atoms with Crippen LogP contribution in [0.3, 0.4) is 0 Å². The fraction of sp³-hybridized carbons (Fsp3) is 0.188. The Balaban J connectivity index is 1.81. The number of nitrogens with zero attached hydrogens (tertiary/aromatic N) is 2. The van der Waals surface area contributed by atoms with Crippen LogP contribution in [0, 0.1) is 13.8 Å². The summed E-state index contributed by atoms with van der Waals surface area (Å²) in [6.45, 7) is 4.90. The fourth-order valence-corrected chi connectivity index (χ4v) is 2.38. The molecule has 0 bridgehead atoms. The third-order valence-electron chi connectivity index (χ3n) is 3.32. The monoisotopic (exact) mass is 285 g/mol. The van der Waals surface area contributed by atoms with Crippen LogP contribution in [-0.4, -0.2) is 9.38 Å². The van der Waals surface area contributed by atoms with Gasteiger partial charge in [0.2, 0.25) is 0 Å². The van der Waals surface area contributed by atoms with Crippen LogP contribution in [0.25, 0.3) is 5.65 Å². The molecule has 0 unspecified atom stereocenters. The van der Waals surface area contributed by atoms with Gasteiger partial charge >= 0.3 is 0 Å². The first kappa shape index (κ1) is 13.0. The molecule has 1 aromatic carbocycles. The Bertz CT molecular complexity index is 762. The number of anilines is 1. The molecular weight excluding hydrogens is 270 g/mol. The topological polar surface area (TPSA) is 29.3 Å². The van der Waals surface area contributed by atoms with E-state index >= 15 is 0 Å². The normalized spacial score (nSPS) is 10.9. The van der Waals surface area contributed by atoms with Crippen molar-refractivity contribution in [3.05, 3.63) is 64.6 Å². The van der Waals surface area contributed by atoms with Gasteiger partial charge in [-0.3, -0.25) is 0 Å². The van der Waals surface area contributed by atoms with Gasteiger partial charge < -0.3 is 9.72 Å². The lowest BCUT2D eigenvalue weighted by molar-refractivity contribution is 1.07. The molecule has 0 aliphatic heterocycles. The van der Waals surface area contributed by atoms with Crippen molar-refractivity contribution in [3.63, 3.8) is 0 Å². The Kier molecular flexibility index (Phi) is 3.36. The summed E-state index contributed by atoms with van der Waals surface area (Å²) in [6.07, 6.45) is 3.87. The minimum absolute atomic E-state index is 0.698. The lowest BCUT2D eigenvalue weighted by atomic mass is 10.1. The zero-order valence-electron chi connectivity index (χ0n) is 11.5. The molecule has 0 saturated carbocycles. The third kappa shape index (κ3) is 2.63. The predicted octanol–water partition coefficient (Wildman–Crippen LogP) is 4.22. The highest BCUT2D eigenvalue weighted by atomic mass is 35.5. The lowest BCUT2D eigenvalue weighted by Gasteiger charge is -2.08. The predicted molar refractivity (Wildman–Crippen MR) is 83.4 cm³/mol. The Hall–Kier alpha value is -2.00. The van der Waals surface area contributed by atoms with Crippen molar-refractivity contribution in [2.45, 2.75) is 20.4 Å². The minimum atomic E-state index is 0.698. The molecule has 0 saturated heterocycles. The summed E-state index contributed by atoms with van der Waals surface area (Å²) < 4.78 is 1.95. The van der Waals surface area contributed by atoms with Crippen LogP contribution in [0.4, 0.5) is 5.69 Å². The quantitative estimate of drug-likeness (QED) is 0.781. The molecule has 3 nitrogen and oxygen atoms in total. The number of rotatable bonds is 3. The first-order valence-electron chi connectivity index (χ1n) is 6.56. The number of nitrogens with one attached hydrogen (secondary N) is 1. The number of hydrogen-bond acceptors (Lipinski definition) is 2. The molecule has 3 rings (SSSR count). The molecule has 0 atom stereocenters. The van der Waals surface area contributed by atoms with Crippen LogP contribution in [0.1, 0.15) is 16.8 Å². The zero-order valence-corrected chi connectivity index (χ0v) is 12.3. The standard InChI is InChI=1S/C16H16ClN3/c1-11-3-4-12(2)15(7-11)18-8-14-10-20-9-13(17)5-6-16(20)19-14/h3-7,9-10,18H,8H2,1-2H3. The van der Waals surface area contributed by atoms with Gasteiger partial charge in [-0.25, -0.2) is 4.98 Å². The number of benzene rings is 1. The Morgan fingerprint density at radius 2 is 2.00 bits per heavy atom. The summed E-state index contributed by atoms with van der Waals surface area (Å²) in [4.78, 5) is 4.56. The first-order valence-corrected chi connectivity index (χ1v) is 6.94. The van der Waals surface area contributed by atoms with E-state index in [9.17, 15) is 0 Å². The number of fused-ring (bicyclic) bond motifs is 1. The van der Waals surface area contributed by atoms with Crippen LogP contribution in [0.15, 0.2) is 42.7 Å². The number of pyridine rings is 1. The van der Waals surface area contributed by atoms with Gasteiger partial charge in [0.25, 0.3) is 0 Å². The highest BCUT2D eigenvalue weighted by Crippen LogP contribution is 2.18. The van der Waals surface area contributed by atoms with Crippen molar-refractivity contribution < 1.29 is 0 Å². The highest BCUT2D eigenvalue weighted by molar-refractivity contribution is 6.30. The van der Waals surface area contributed by atoms with Crippen molar-refractivity contribution in [2.75, 3.05) is 5.32 Å². The molecule has 0 amide bonds. The van der Waals surface area contributed by atoms with E-state index in [1.54, 1.807) is 0 Å². The number of hydrogen-bond donors (Lipinski definition) is 1. The van der Waals surface area contributed by atoms with Crippen molar-refractivity contribution in [3.8, 4) is 0 Å². The third-order valence-corrected chi connectivity index (χ3v) is 3.54. The van der Waals surface area contributed by atoms with E-state index in [1.807, 2.05) is 28.9 Å². The maximum atomic E-state index is 5.97. The van der Waals surface area contributed by atoms with Crippen LogP contribution >= 0.6 is 11.6 Å². The largest absolute Gasteiger partial charge is 0.379 e. The summed E-state index contributed by atoms with van der Waals surface area (Å²) in [7, 11) is 0. The maximum Gasteiger partial charge on any atom is 0.137 e. The minimum Gasteiger partial charge on any atom is -0.379 e.